The van der Waals surface area contributed by atoms with E-state index in [-0.39, 0.29) is 18.8 Å². The number of carboxylic acids is 1. The van der Waals surface area contributed by atoms with Gasteiger partial charge in [-0.2, -0.15) is 13.2 Å². The number of carboxylic acid groups (broad SMARTS) is 1. The first-order valence-electron chi connectivity index (χ1n) is 7.13. The normalized spacial score (nSPS) is 21.4. The summed E-state index contributed by atoms with van der Waals surface area (Å²) in [5, 5.41) is 8.97. The molecule has 6 nitrogen and oxygen atoms in total. The topological polar surface area (TPSA) is 76.1 Å². The zero-order valence-electron chi connectivity index (χ0n) is 12.7. The van der Waals surface area contributed by atoms with Crippen molar-refractivity contribution in [3.05, 3.63) is 29.8 Å². The van der Waals surface area contributed by atoms with Crippen LogP contribution >= 0.6 is 0 Å². The van der Waals surface area contributed by atoms with Crippen molar-refractivity contribution in [2.45, 2.75) is 25.3 Å². The van der Waals surface area contributed by atoms with E-state index >= 15 is 0 Å². The van der Waals surface area contributed by atoms with Crippen molar-refractivity contribution in [2.24, 2.45) is 0 Å². The van der Waals surface area contributed by atoms with E-state index in [1.165, 1.54) is 17.0 Å². The molecular formula is C15H16F3NO5. The van der Waals surface area contributed by atoms with Gasteiger partial charge in [0, 0.05) is 6.54 Å². The number of hydrogen-bond donors (Lipinski definition) is 1. The van der Waals surface area contributed by atoms with Gasteiger partial charge in [0.05, 0.1) is 18.2 Å². The minimum atomic E-state index is -4.50. The SMILES string of the molecule is C[C@@H]1CN(C(=O)COc2cccc(C(F)(F)F)c2)CC(C(=O)O)O1. The van der Waals surface area contributed by atoms with Gasteiger partial charge in [0.2, 0.25) is 0 Å². The molecule has 132 valence electrons. The summed E-state index contributed by atoms with van der Waals surface area (Å²) in [6, 6.07) is 4.19. The molecule has 0 radical (unpaired) electrons. The highest BCUT2D eigenvalue weighted by Gasteiger charge is 2.33. The van der Waals surface area contributed by atoms with E-state index in [2.05, 4.69) is 0 Å². The van der Waals surface area contributed by atoms with Gasteiger partial charge in [0.25, 0.3) is 5.91 Å². The number of morpholine rings is 1. The number of rotatable bonds is 4. The molecule has 1 heterocycles. The molecule has 1 aromatic rings. The summed E-state index contributed by atoms with van der Waals surface area (Å²) in [7, 11) is 0. The number of benzene rings is 1. The Morgan fingerprint density at radius 1 is 1.38 bits per heavy atom. The molecule has 1 fully saturated rings. The average molecular weight is 347 g/mol. The second-order valence-corrected chi connectivity index (χ2v) is 5.39. The van der Waals surface area contributed by atoms with Crippen LogP contribution in [0.2, 0.25) is 0 Å². The van der Waals surface area contributed by atoms with E-state index in [9.17, 15) is 22.8 Å². The highest BCUT2D eigenvalue weighted by Crippen LogP contribution is 2.31. The van der Waals surface area contributed by atoms with Gasteiger partial charge >= 0.3 is 12.1 Å². The zero-order chi connectivity index (χ0) is 17.9. The predicted octanol–water partition coefficient (Wildman–Crippen LogP) is 1.78. The summed E-state index contributed by atoms with van der Waals surface area (Å²) in [6.07, 6.45) is -6.10. The lowest BCUT2D eigenvalue weighted by atomic mass is 10.2. The van der Waals surface area contributed by atoms with E-state index in [1.54, 1.807) is 6.92 Å². The van der Waals surface area contributed by atoms with Crippen molar-refractivity contribution in [3.63, 3.8) is 0 Å². The molecule has 0 bridgehead atoms. The first-order chi connectivity index (χ1) is 11.2. The Balaban J connectivity index is 1.97. The monoisotopic (exact) mass is 347 g/mol. The van der Waals surface area contributed by atoms with Crippen LogP contribution < -0.4 is 4.74 Å². The highest BCUT2D eigenvalue weighted by atomic mass is 19.4. The molecule has 1 saturated heterocycles. The quantitative estimate of drug-likeness (QED) is 0.899. The predicted molar refractivity (Wildman–Crippen MR) is 75.5 cm³/mol. The molecule has 1 aliphatic rings. The maximum Gasteiger partial charge on any atom is 0.416 e. The summed E-state index contributed by atoms with van der Waals surface area (Å²) in [5.74, 6) is -1.79. The first-order valence-corrected chi connectivity index (χ1v) is 7.13. The van der Waals surface area contributed by atoms with Crippen molar-refractivity contribution in [1.29, 1.82) is 0 Å². The lowest BCUT2D eigenvalue weighted by Crippen LogP contribution is -2.52. The van der Waals surface area contributed by atoms with Gasteiger partial charge in [-0.1, -0.05) is 6.07 Å². The smallest absolute Gasteiger partial charge is 0.416 e. The molecule has 0 spiro atoms. The number of nitrogens with zero attached hydrogens (tertiary/aromatic N) is 1. The van der Waals surface area contributed by atoms with Crippen LogP contribution in [0.3, 0.4) is 0 Å². The van der Waals surface area contributed by atoms with Crippen molar-refractivity contribution in [2.75, 3.05) is 19.7 Å². The fraction of sp³-hybridized carbons (Fsp3) is 0.467. The summed E-state index contributed by atoms with van der Waals surface area (Å²) in [6.45, 7) is 1.20. The van der Waals surface area contributed by atoms with Gasteiger partial charge in [0.15, 0.2) is 12.7 Å². The molecule has 1 aliphatic heterocycles. The van der Waals surface area contributed by atoms with Crippen LogP contribution in [0.5, 0.6) is 5.75 Å². The summed E-state index contributed by atoms with van der Waals surface area (Å²) in [4.78, 5) is 24.3. The molecule has 24 heavy (non-hydrogen) atoms. The number of ether oxygens (including phenoxy) is 2. The Kier molecular flexibility index (Phi) is 5.33. The number of halogens is 3. The largest absolute Gasteiger partial charge is 0.484 e. The number of carbonyl (C=O) groups excluding carboxylic acids is 1. The van der Waals surface area contributed by atoms with Crippen LogP contribution in [0, 0.1) is 0 Å². The molecule has 0 aromatic heterocycles. The first kappa shape index (κ1) is 18.1. The Bertz CT molecular complexity index is 619. The van der Waals surface area contributed by atoms with Crippen LogP contribution in [-0.2, 0) is 20.5 Å². The molecule has 2 rings (SSSR count). The fourth-order valence-corrected chi connectivity index (χ4v) is 2.29. The van der Waals surface area contributed by atoms with Gasteiger partial charge in [-0.25, -0.2) is 4.79 Å². The Morgan fingerprint density at radius 3 is 2.71 bits per heavy atom. The van der Waals surface area contributed by atoms with Gasteiger partial charge in [-0.3, -0.25) is 4.79 Å². The van der Waals surface area contributed by atoms with Crippen molar-refractivity contribution < 1.29 is 37.3 Å². The molecule has 1 unspecified atom stereocenters. The van der Waals surface area contributed by atoms with Gasteiger partial charge in [-0.05, 0) is 25.1 Å². The molecule has 0 aliphatic carbocycles. The average Bonchev–Trinajstić information content (AvgIpc) is 2.51. The second kappa shape index (κ2) is 7.08. The number of hydrogen-bond acceptors (Lipinski definition) is 4. The van der Waals surface area contributed by atoms with Crippen LogP contribution in [0.25, 0.3) is 0 Å². The lowest BCUT2D eigenvalue weighted by molar-refractivity contribution is -0.167. The minimum absolute atomic E-state index is 0.0886. The standard InChI is InChI=1S/C15H16F3NO5/c1-9-6-19(7-12(24-9)14(21)22)13(20)8-23-11-4-2-3-10(5-11)15(16,17)18/h2-5,9,12H,6-8H2,1H3,(H,21,22)/t9-,12?/m1/s1. The third-order valence-corrected chi connectivity index (χ3v) is 3.41. The second-order valence-electron chi connectivity index (χ2n) is 5.39. The summed E-state index contributed by atoms with van der Waals surface area (Å²) in [5.41, 5.74) is -0.876. The minimum Gasteiger partial charge on any atom is -0.484 e. The van der Waals surface area contributed by atoms with Crippen molar-refractivity contribution in [1.82, 2.24) is 4.90 Å². The van der Waals surface area contributed by atoms with Crippen LogP contribution in [0.4, 0.5) is 13.2 Å². The molecule has 1 aromatic carbocycles. The van der Waals surface area contributed by atoms with E-state index < -0.39 is 42.4 Å². The molecule has 2 atom stereocenters. The van der Waals surface area contributed by atoms with Crippen molar-refractivity contribution in [3.8, 4) is 5.75 Å². The number of alkyl halides is 3. The Labute approximate surface area is 135 Å². The summed E-state index contributed by atoms with van der Waals surface area (Å²) < 4.78 is 48.2. The van der Waals surface area contributed by atoms with E-state index in [1.807, 2.05) is 0 Å². The Hall–Kier alpha value is -2.29. The number of aliphatic carboxylic acids is 1. The highest BCUT2D eigenvalue weighted by molar-refractivity contribution is 5.80. The van der Waals surface area contributed by atoms with Gasteiger partial charge in [-0.15, -0.1) is 0 Å². The van der Waals surface area contributed by atoms with Crippen molar-refractivity contribution >= 4 is 11.9 Å². The maximum absolute atomic E-state index is 12.6. The van der Waals surface area contributed by atoms with Gasteiger partial charge < -0.3 is 19.5 Å². The van der Waals surface area contributed by atoms with E-state index in [4.69, 9.17) is 14.6 Å². The fourth-order valence-electron chi connectivity index (χ4n) is 2.29. The van der Waals surface area contributed by atoms with E-state index in [0.29, 0.717) is 0 Å². The lowest BCUT2D eigenvalue weighted by Gasteiger charge is -2.34. The van der Waals surface area contributed by atoms with Crippen LogP contribution in [0.15, 0.2) is 24.3 Å². The third-order valence-electron chi connectivity index (χ3n) is 3.41. The van der Waals surface area contributed by atoms with Crippen LogP contribution in [-0.4, -0.2) is 53.8 Å². The van der Waals surface area contributed by atoms with Gasteiger partial charge in [0.1, 0.15) is 5.75 Å². The zero-order valence-corrected chi connectivity index (χ0v) is 12.7. The van der Waals surface area contributed by atoms with Crippen LogP contribution in [0.1, 0.15) is 12.5 Å². The molecular weight excluding hydrogens is 331 g/mol. The molecule has 9 heteroatoms. The maximum atomic E-state index is 12.6. The van der Waals surface area contributed by atoms with E-state index in [0.717, 1.165) is 12.1 Å². The molecule has 0 saturated carbocycles. The third kappa shape index (κ3) is 4.60. The number of carbonyl (C=O) groups is 2. The molecule has 1 N–H and O–H groups in total. The summed E-state index contributed by atoms with van der Waals surface area (Å²) >= 11 is 0. The number of amides is 1. The molecule has 1 amide bonds. The Morgan fingerprint density at radius 2 is 2.08 bits per heavy atom.